The van der Waals surface area contributed by atoms with Crippen LogP contribution in [0.3, 0.4) is 0 Å². The lowest BCUT2D eigenvalue weighted by atomic mass is 10.1. The Labute approximate surface area is 120 Å². The Morgan fingerprint density at radius 3 is 2.55 bits per heavy atom. The molecule has 0 heterocycles. The van der Waals surface area contributed by atoms with Crippen molar-refractivity contribution in [2.75, 3.05) is 11.0 Å². The number of nitrogens with one attached hydrogen (secondary N) is 2. The van der Waals surface area contributed by atoms with Gasteiger partial charge in [-0.2, -0.15) is 0 Å². The summed E-state index contributed by atoms with van der Waals surface area (Å²) in [5.74, 6) is -0.192. The zero-order chi connectivity index (χ0) is 15.3. The molecule has 0 spiro atoms. The standard InChI is InChI=1S/C14H22N2O3S/c1-5-6-11(3)15-14(17)12-8-7-10(2)13(9-12)16-20(4,18)19/h7-9,11,16H,5-6H2,1-4H3,(H,15,17). The summed E-state index contributed by atoms with van der Waals surface area (Å²) >= 11 is 0. The van der Waals surface area contributed by atoms with Crippen LogP contribution < -0.4 is 10.0 Å². The lowest BCUT2D eigenvalue weighted by Gasteiger charge is -2.14. The van der Waals surface area contributed by atoms with Crippen molar-refractivity contribution in [3.63, 3.8) is 0 Å². The summed E-state index contributed by atoms with van der Waals surface area (Å²) in [5.41, 5.74) is 1.65. The van der Waals surface area contributed by atoms with Gasteiger partial charge in [0.2, 0.25) is 10.0 Å². The third-order valence-corrected chi connectivity index (χ3v) is 3.48. The maximum atomic E-state index is 12.1. The summed E-state index contributed by atoms with van der Waals surface area (Å²) < 4.78 is 25.0. The van der Waals surface area contributed by atoms with Crippen LogP contribution in [0, 0.1) is 6.92 Å². The maximum Gasteiger partial charge on any atom is 0.251 e. The number of anilines is 1. The van der Waals surface area contributed by atoms with Crippen molar-refractivity contribution in [2.45, 2.75) is 39.7 Å². The van der Waals surface area contributed by atoms with Gasteiger partial charge in [0.05, 0.1) is 11.9 Å². The first kappa shape index (κ1) is 16.5. The minimum absolute atomic E-state index is 0.0973. The number of rotatable bonds is 6. The second-order valence-corrected chi connectivity index (χ2v) is 6.82. The van der Waals surface area contributed by atoms with E-state index in [-0.39, 0.29) is 11.9 Å². The molecule has 1 atom stereocenters. The lowest BCUT2D eigenvalue weighted by Crippen LogP contribution is -2.32. The van der Waals surface area contributed by atoms with Gasteiger partial charge in [-0.15, -0.1) is 0 Å². The van der Waals surface area contributed by atoms with Crippen molar-refractivity contribution in [1.82, 2.24) is 5.32 Å². The Hall–Kier alpha value is -1.56. The SMILES string of the molecule is CCCC(C)NC(=O)c1ccc(C)c(NS(C)(=O)=O)c1. The first-order valence-corrected chi connectivity index (χ1v) is 8.51. The molecule has 6 heteroatoms. The second-order valence-electron chi connectivity index (χ2n) is 5.07. The summed E-state index contributed by atoms with van der Waals surface area (Å²) in [6, 6.07) is 5.08. The highest BCUT2D eigenvalue weighted by atomic mass is 32.2. The largest absolute Gasteiger partial charge is 0.350 e. The summed E-state index contributed by atoms with van der Waals surface area (Å²) in [5, 5.41) is 2.89. The van der Waals surface area contributed by atoms with E-state index in [1.165, 1.54) is 0 Å². The van der Waals surface area contributed by atoms with Crippen molar-refractivity contribution in [2.24, 2.45) is 0 Å². The second kappa shape index (κ2) is 6.74. The average molecular weight is 298 g/mol. The molecule has 0 aliphatic carbocycles. The molecule has 1 aromatic carbocycles. The smallest absolute Gasteiger partial charge is 0.251 e. The van der Waals surface area contributed by atoms with Gasteiger partial charge >= 0.3 is 0 Å². The van der Waals surface area contributed by atoms with Gasteiger partial charge in [-0.1, -0.05) is 19.4 Å². The zero-order valence-electron chi connectivity index (χ0n) is 12.4. The van der Waals surface area contributed by atoms with E-state index >= 15 is 0 Å². The van der Waals surface area contributed by atoms with Crippen molar-refractivity contribution >= 4 is 21.6 Å². The molecule has 0 saturated heterocycles. The third kappa shape index (κ3) is 5.21. The molecule has 1 rings (SSSR count). The molecule has 1 unspecified atom stereocenters. The number of aryl methyl sites for hydroxylation is 1. The van der Waals surface area contributed by atoms with Gasteiger partial charge in [0.1, 0.15) is 0 Å². The normalized spacial score (nSPS) is 12.8. The highest BCUT2D eigenvalue weighted by Crippen LogP contribution is 2.18. The monoisotopic (exact) mass is 298 g/mol. The number of hydrogen-bond donors (Lipinski definition) is 2. The molecule has 0 bridgehead atoms. The van der Waals surface area contributed by atoms with Gasteiger partial charge in [0.25, 0.3) is 5.91 Å². The maximum absolute atomic E-state index is 12.1. The number of carbonyl (C=O) groups is 1. The summed E-state index contributed by atoms with van der Waals surface area (Å²) in [4.78, 5) is 12.1. The average Bonchev–Trinajstić information content (AvgIpc) is 2.30. The van der Waals surface area contributed by atoms with Crippen LogP contribution in [0.1, 0.15) is 42.6 Å². The molecule has 0 fully saturated rings. The van der Waals surface area contributed by atoms with E-state index in [4.69, 9.17) is 0 Å². The van der Waals surface area contributed by atoms with Crippen LogP contribution >= 0.6 is 0 Å². The topological polar surface area (TPSA) is 75.3 Å². The minimum Gasteiger partial charge on any atom is -0.350 e. The van der Waals surface area contributed by atoms with Crippen LogP contribution in [0.5, 0.6) is 0 Å². The minimum atomic E-state index is -3.36. The van der Waals surface area contributed by atoms with E-state index in [2.05, 4.69) is 17.0 Å². The number of benzene rings is 1. The molecule has 5 nitrogen and oxygen atoms in total. The van der Waals surface area contributed by atoms with Crippen LogP contribution in [0.4, 0.5) is 5.69 Å². The van der Waals surface area contributed by atoms with E-state index in [1.807, 2.05) is 6.92 Å². The fraction of sp³-hybridized carbons (Fsp3) is 0.500. The highest BCUT2D eigenvalue weighted by Gasteiger charge is 2.12. The van der Waals surface area contributed by atoms with Crippen LogP contribution in [-0.2, 0) is 10.0 Å². The Morgan fingerprint density at radius 1 is 1.35 bits per heavy atom. The fourth-order valence-electron chi connectivity index (χ4n) is 1.89. The summed E-state index contributed by atoms with van der Waals surface area (Å²) in [6.45, 7) is 5.79. The molecule has 0 saturated carbocycles. The Morgan fingerprint density at radius 2 is 2.00 bits per heavy atom. The van der Waals surface area contributed by atoms with E-state index in [1.54, 1.807) is 25.1 Å². The highest BCUT2D eigenvalue weighted by molar-refractivity contribution is 7.92. The molecule has 20 heavy (non-hydrogen) atoms. The molecule has 112 valence electrons. The van der Waals surface area contributed by atoms with Crippen LogP contribution in [0.15, 0.2) is 18.2 Å². The molecular formula is C14H22N2O3S. The van der Waals surface area contributed by atoms with Crippen LogP contribution in [0.25, 0.3) is 0 Å². The van der Waals surface area contributed by atoms with Gasteiger partial charge in [0, 0.05) is 11.6 Å². The Balaban J connectivity index is 2.92. The fourth-order valence-corrected chi connectivity index (χ4v) is 2.50. The number of amides is 1. The number of carbonyl (C=O) groups excluding carboxylic acids is 1. The van der Waals surface area contributed by atoms with E-state index < -0.39 is 10.0 Å². The van der Waals surface area contributed by atoms with Crippen LogP contribution in [-0.4, -0.2) is 26.6 Å². The molecule has 2 N–H and O–H groups in total. The van der Waals surface area contributed by atoms with Gasteiger partial charge in [-0.25, -0.2) is 8.42 Å². The molecule has 0 aliphatic heterocycles. The third-order valence-electron chi connectivity index (χ3n) is 2.89. The number of sulfonamides is 1. The van der Waals surface area contributed by atoms with Crippen molar-refractivity contribution in [3.8, 4) is 0 Å². The quantitative estimate of drug-likeness (QED) is 0.846. The zero-order valence-corrected chi connectivity index (χ0v) is 13.2. The molecule has 1 aromatic rings. The van der Waals surface area contributed by atoms with Gasteiger partial charge in [0.15, 0.2) is 0 Å². The first-order chi connectivity index (χ1) is 9.23. The Bertz CT molecular complexity index is 582. The molecule has 0 aliphatic rings. The van der Waals surface area contributed by atoms with Crippen molar-refractivity contribution < 1.29 is 13.2 Å². The van der Waals surface area contributed by atoms with E-state index in [9.17, 15) is 13.2 Å². The summed E-state index contributed by atoms with van der Waals surface area (Å²) in [6.07, 6.45) is 2.99. The predicted molar refractivity (Wildman–Crippen MR) is 81.5 cm³/mol. The van der Waals surface area contributed by atoms with E-state index in [0.717, 1.165) is 24.7 Å². The van der Waals surface area contributed by atoms with Crippen LogP contribution in [0.2, 0.25) is 0 Å². The van der Waals surface area contributed by atoms with Crippen molar-refractivity contribution in [3.05, 3.63) is 29.3 Å². The predicted octanol–water partition coefficient (Wildman–Crippen LogP) is 2.28. The van der Waals surface area contributed by atoms with Gasteiger partial charge in [-0.3, -0.25) is 9.52 Å². The molecular weight excluding hydrogens is 276 g/mol. The molecule has 0 radical (unpaired) electrons. The lowest BCUT2D eigenvalue weighted by molar-refractivity contribution is 0.0938. The van der Waals surface area contributed by atoms with Gasteiger partial charge < -0.3 is 5.32 Å². The van der Waals surface area contributed by atoms with Gasteiger partial charge in [-0.05, 0) is 38.0 Å². The number of hydrogen-bond acceptors (Lipinski definition) is 3. The summed E-state index contributed by atoms with van der Waals surface area (Å²) in [7, 11) is -3.36. The van der Waals surface area contributed by atoms with E-state index in [0.29, 0.717) is 11.3 Å². The molecule has 1 amide bonds. The van der Waals surface area contributed by atoms with Crippen molar-refractivity contribution in [1.29, 1.82) is 0 Å². The molecule has 0 aromatic heterocycles. The first-order valence-electron chi connectivity index (χ1n) is 6.62. The Kier molecular flexibility index (Phi) is 5.56.